The summed E-state index contributed by atoms with van der Waals surface area (Å²) in [6, 6.07) is 7.91. The number of pyridine rings is 1. The van der Waals surface area contributed by atoms with Gasteiger partial charge >= 0.3 is 5.97 Å². The van der Waals surface area contributed by atoms with Crippen LogP contribution < -0.4 is 4.74 Å². The predicted octanol–water partition coefficient (Wildman–Crippen LogP) is 2.50. The van der Waals surface area contributed by atoms with Crippen LogP contribution >= 0.6 is 0 Å². The molecule has 0 saturated heterocycles. The third-order valence-electron chi connectivity index (χ3n) is 4.35. The Balaban J connectivity index is 1.53. The molecule has 1 aromatic carbocycles. The second-order valence-corrected chi connectivity index (χ2v) is 9.21. The number of carbonyl (C=O) groups excluding carboxylic acids is 1. The van der Waals surface area contributed by atoms with E-state index in [0.29, 0.717) is 17.0 Å². The highest BCUT2D eigenvalue weighted by Gasteiger charge is 2.17. The molecule has 0 bridgehead atoms. The molecule has 2 heterocycles. The van der Waals surface area contributed by atoms with E-state index in [-0.39, 0.29) is 24.2 Å². The van der Waals surface area contributed by atoms with E-state index in [9.17, 15) is 13.2 Å². The Morgan fingerprint density at radius 3 is 2.47 bits per heavy atom. The van der Waals surface area contributed by atoms with Gasteiger partial charge in [-0.15, -0.1) is 0 Å². The number of hydrogen-bond acceptors (Lipinski definition) is 7. The second kappa shape index (κ2) is 8.80. The van der Waals surface area contributed by atoms with Crippen molar-refractivity contribution in [2.24, 2.45) is 0 Å². The zero-order valence-electron chi connectivity index (χ0n) is 17.3. The molecule has 0 radical (unpaired) electrons. The van der Waals surface area contributed by atoms with Crippen LogP contribution in [0.1, 0.15) is 30.2 Å². The third kappa shape index (κ3) is 4.60. The van der Waals surface area contributed by atoms with Crippen molar-refractivity contribution < 1.29 is 22.7 Å². The minimum Gasteiger partial charge on any atom is -0.490 e. The number of rotatable bonds is 8. The van der Waals surface area contributed by atoms with Crippen LogP contribution in [0.15, 0.2) is 47.6 Å². The van der Waals surface area contributed by atoms with Crippen LogP contribution in [0.5, 0.6) is 5.75 Å². The molecule has 0 aliphatic carbocycles. The highest BCUT2D eigenvalue weighted by Crippen LogP contribution is 2.19. The molecule has 0 unspecified atom stereocenters. The largest absolute Gasteiger partial charge is 0.490 e. The summed E-state index contributed by atoms with van der Waals surface area (Å²) in [4.78, 5) is 16.7. The van der Waals surface area contributed by atoms with Crippen LogP contribution in [0.3, 0.4) is 0 Å². The minimum absolute atomic E-state index is 0.0415. The molecule has 30 heavy (non-hydrogen) atoms. The zero-order chi connectivity index (χ0) is 21.9. The zero-order valence-corrected chi connectivity index (χ0v) is 18.1. The minimum atomic E-state index is -3.48. The van der Waals surface area contributed by atoms with Gasteiger partial charge in [0.05, 0.1) is 16.7 Å². The first-order valence-corrected chi connectivity index (χ1v) is 10.8. The summed E-state index contributed by atoms with van der Waals surface area (Å²) in [6.07, 6.45) is 3.14. The molecule has 0 aliphatic rings. The summed E-state index contributed by atoms with van der Waals surface area (Å²) in [5.74, 6) is -0.0225. The number of benzene rings is 1. The lowest BCUT2D eigenvalue weighted by Crippen LogP contribution is -2.22. The monoisotopic (exact) mass is 432 g/mol. The average molecular weight is 433 g/mol. The quantitative estimate of drug-likeness (QED) is 0.398. The number of aromatic nitrogens is 3. The van der Waals surface area contributed by atoms with Gasteiger partial charge in [-0.3, -0.25) is 0 Å². The van der Waals surface area contributed by atoms with Gasteiger partial charge in [0.25, 0.3) is 0 Å². The van der Waals surface area contributed by atoms with Crippen LogP contribution in [0.4, 0.5) is 0 Å². The van der Waals surface area contributed by atoms with Crippen molar-refractivity contribution in [1.29, 1.82) is 0 Å². The summed E-state index contributed by atoms with van der Waals surface area (Å²) in [7, 11) is -0.543. The maximum atomic E-state index is 12.2. The van der Waals surface area contributed by atoms with Gasteiger partial charge in [0, 0.05) is 31.7 Å². The van der Waals surface area contributed by atoms with Gasteiger partial charge in [0.1, 0.15) is 19.0 Å². The number of sulfonamides is 1. The molecule has 0 fully saturated rings. The van der Waals surface area contributed by atoms with E-state index >= 15 is 0 Å². The van der Waals surface area contributed by atoms with E-state index in [0.717, 1.165) is 9.69 Å². The van der Waals surface area contributed by atoms with Crippen molar-refractivity contribution in [2.45, 2.75) is 24.8 Å². The van der Waals surface area contributed by atoms with E-state index in [1.165, 1.54) is 32.4 Å². The molecular weight excluding hydrogens is 408 g/mol. The Morgan fingerprint density at radius 2 is 1.83 bits per heavy atom. The highest BCUT2D eigenvalue weighted by molar-refractivity contribution is 7.89. The molecule has 10 heteroatoms. The van der Waals surface area contributed by atoms with Gasteiger partial charge in [-0.1, -0.05) is 0 Å². The van der Waals surface area contributed by atoms with Crippen LogP contribution in [-0.4, -0.2) is 60.8 Å². The molecule has 3 aromatic rings. The second-order valence-electron chi connectivity index (χ2n) is 7.06. The molecule has 9 nitrogen and oxygen atoms in total. The van der Waals surface area contributed by atoms with E-state index in [4.69, 9.17) is 9.47 Å². The molecule has 160 valence electrons. The van der Waals surface area contributed by atoms with Crippen molar-refractivity contribution in [3.8, 4) is 5.75 Å². The molecule has 0 atom stereocenters. The molecular formula is C20H24N4O5S. The Morgan fingerprint density at radius 1 is 1.13 bits per heavy atom. The van der Waals surface area contributed by atoms with Crippen LogP contribution in [-0.2, 0) is 14.8 Å². The number of fused-ring (bicyclic) bond motifs is 1. The summed E-state index contributed by atoms with van der Waals surface area (Å²) in [5.41, 5.74) is 1.05. The SMILES string of the molecule is CC(C)n1ncc2cc(C(=O)OCCOc3ccc(S(=O)(=O)N(C)C)cc3)cnc21. The maximum Gasteiger partial charge on any atom is 0.339 e. The average Bonchev–Trinajstić information content (AvgIpc) is 3.14. The Bertz CT molecular complexity index is 1140. The normalized spacial score (nSPS) is 11.9. The van der Waals surface area contributed by atoms with E-state index < -0.39 is 16.0 Å². The highest BCUT2D eigenvalue weighted by atomic mass is 32.2. The van der Waals surface area contributed by atoms with E-state index in [1.54, 1.807) is 29.1 Å². The number of hydrogen-bond donors (Lipinski definition) is 0. The van der Waals surface area contributed by atoms with Crippen molar-refractivity contribution in [1.82, 2.24) is 19.1 Å². The maximum absolute atomic E-state index is 12.2. The molecule has 0 saturated carbocycles. The fourth-order valence-corrected chi connectivity index (χ4v) is 3.63. The molecule has 0 spiro atoms. The summed E-state index contributed by atoms with van der Waals surface area (Å²) >= 11 is 0. The van der Waals surface area contributed by atoms with Crippen LogP contribution in [0, 0.1) is 0 Å². The van der Waals surface area contributed by atoms with E-state index in [1.807, 2.05) is 13.8 Å². The molecule has 3 rings (SSSR count). The lowest BCUT2D eigenvalue weighted by Gasteiger charge is -2.12. The van der Waals surface area contributed by atoms with Gasteiger partial charge in [-0.25, -0.2) is 27.2 Å². The number of ether oxygens (including phenoxy) is 2. The first kappa shape index (κ1) is 21.7. The van der Waals surface area contributed by atoms with Gasteiger partial charge in [-0.2, -0.15) is 5.10 Å². The lowest BCUT2D eigenvalue weighted by molar-refractivity contribution is 0.0450. The van der Waals surface area contributed by atoms with Gasteiger partial charge in [0.15, 0.2) is 5.65 Å². The molecule has 0 aliphatic heterocycles. The molecule has 2 aromatic heterocycles. The van der Waals surface area contributed by atoms with Gasteiger partial charge in [-0.05, 0) is 44.2 Å². The first-order chi connectivity index (χ1) is 14.2. The number of esters is 1. The summed E-state index contributed by atoms with van der Waals surface area (Å²) in [5, 5.41) is 5.04. The predicted molar refractivity (Wildman–Crippen MR) is 111 cm³/mol. The third-order valence-corrected chi connectivity index (χ3v) is 6.18. The Hall–Kier alpha value is -2.98. The van der Waals surface area contributed by atoms with Crippen molar-refractivity contribution in [2.75, 3.05) is 27.3 Å². The van der Waals surface area contributed by atoms with E-state index in [2.05, 4.69) is 10.1 Å². The molecule has 0 N–H and O–H groups in total. The Kier molecular flexibility index (Phi) is 6.37. The standard InChI is InChI=1S/C20H24N4O5S/c1-14(2)24-19-15(13-22-24)11-16(12-21-19)20(25)29-10-9-28-17-5-7-18(8-6-17)30(26,27)23(3)4/h5-8,11-14H,9-10H2,1-4H3. The van der Waals surface area contributed by atoms with Gasteiger partial charge < -0.3 is 9.47 Å². The van der Waals surface area contributed by atoms with Gasteiger partial charge in [0.2, 0.25) is 10.0 Å². The topological polar surface area (TPSA) is 104 Å². The summed E-state index contributed by atoms with van der Waals surface area (Å²) < 4.78 is 37.8. The van der Waals surface area contributed by atoms with Crippen molar-refractivity contribution in [3.63, 3.8) is 0 Å². The number of nitrogens with zero attached hydrogens (tertiary/aromatic N) is 4. The van der Waals surface area contributed by atoms with Crippen molar-refractivity contribution >= 4 is 27.0 Å². The number of carbonyl (C=O) groups is 1. The summed E-state index contributed by atoms with van der Waals surface area (Å²) in [6.45, 7) is 4.18. The first-order valence-electron chi connectivity index (χ1n) is 9.36. The fraction of sp³-hybridized carbons (Fsp3) is 0.350. The fourth-order valence-electron chi connectivity index (χ4n) is 2.73. The van der Waals surface area contributed by atoms with Crippen LogP contribution in [0.25, 0.3) is 11.0 Å². The lowest BCUT2D eigenvalue weighted by atomic mass is 10.2. The smallest absolute Gasteiger partial charge is 0.339 e. The van der Waals surface area contributed by atoms with Crippen LogP contribution in [0.2, 0.25) is 0 Å². The van der Waals surface area contributed by atoms with Crippen molar-refractivity contribution in [3.05, 3.63) is 48.3 Å². The Labute approximate surface area is 175 Å². The molecule has 0 amide bonds.